The van der Waals surface area contributed by atoms with E-state index in [-0.39, 0.29) is 35.4 Å². The molecule has 6 heteroatoms. The maximum Gasteiger partial charge on any atom is 0.224 e. The lowest BCUT2D eigenvalue weighted by Gasteiger charge is -2.25. The van der Waals surface area contributed by atoms with Gasteiger partial charge >= 0.3 is 0 Å². The Labute approximate surface area is 183 Å². The molecule has 0 radical (unpaired) electrons. The van der Waals surface area contributed by atoms with E-state index in [0.717, 1.165) is 6.42 Å². The summed E-state index contributed by atoms with van der Waals surface area (Å²) in [6, 6.07) is 13.4. The number of carbonyl (C=O) groups is 2. The Bertz CT molecular complexity index is 840. The normalized spacial score (nSPS) is 20.1. The lowest BCUT2D eigenvalue weighted by atomic mass is 9.92. The van der Waals surface area contributed by atoms with E-state index in [2.05, 4.69) is 10.6 Å². The van der Waals surface area contributed by atoms with Crippen LogP contribution in [0.1, 0.15) is 69.2 Å². The van der Waals surface area contributed by atoms with Crippen LogP contribution in [0.15, 0.2) is 48.5 Å². The number of phenolic OH excluding ortho intramolecular Hbond substituents is 2. The number of aromatic hydroxyl groups is 2. The van der Waals surface area contributed by atoms with Crippen LogP contribution in [0.25, 0.3) is 0 Å². The quantitative estimate of drug-likeness (QED) is 0.506. The van der Waals surface area contributed by atoms with Gasteiger partial charge in [0, 0.05) is 23.0 Å². The minimum Gasteiger partial charge on any atom is -0.508 e. The lowest BCUT2D eigenvalue weighted by Crippen LogP contribution is -2.41. The summed E-state index contributed by atoms with van der Waals surface area (Å²) in [5.41, 5.74) is 1.37. The fourth-order valence-corrected chi connectivity index (χ4v) is 4.51. The van der Waals surface area contributed by atoms with E-state index in [0.29, 0.717) is 36.8 Å². The Morgan fingerprint density at radius 2 is 1.19 bits per heavy atom. The molecule has 1 aliphatic rings. The number of phenols is 2. The standard InChI is InChI=1S/C25H32N2O4/c1-3-20(18-10-5-7-14-22(18)28)26-24(30)16-12-9-13-17(16)25(31)27-21(4-2)19-11-6-8-15-23(19)29/h5-8,10-11,14-17,20-21,28-29H,3-4,9,12-13H2,1-2H3,(H,26,30)(H,27,31)/t16-,17-,20+,21+/m1/s1. The van der Waals surface area contributed by atoms with Crippen LogP contribution >= 0.6 is 0 Å². The smallest absolute Gasteiger partial charge is 0.224 e. The molecule has 2 aromatic carbocycles. The van der Waals surface area contributed by atoms with Gasteiger partial charge in [0.05, 0.1) is 12.1 Å². The molecule has 1 fully saturated rings. The van der Waals surface area contributed by atoms with Gasteiger partial charge in [-0.1, -0.05) is 56.7 Å². The summed E-state index contributed by atoms with van der Waals surface area (Å²) < 4.78 is 0. The first kappa shape index (κ1) is 22.7. The van der Waals surface area contributed by atoms with Crippen molar-refractivity contribution in [1.82, 2.24) is 10.6 Å². The molecule has 0 aliphatic heterocycles. The van der Waals surface area contributed by atoms with Gasteiger partial charge < -0.3 is 20.8 Å². The van der Waals surface area contributed by atoms with Crippen molar-refractivity contribution in [2.24, 2.45) is 11.8 Å². The Morgan fingerprint density at radius 3 is 1.55 bits per heavy atom. The highest BCUT2D eigenvalue weighted by Crippen LogP contribution is 2.35. The molecule has 0 unspecified atom stereocenters. The molecule has 2 aromatic rings. The van der Waals surface area contributed by atoms with E-state index in [1.165, 1.54) is 0 Å². The van der Waals surface area contributed by atoms with E-state index in [1.807, 2.05) is 26.0 Å². The van der Waals surface area contributed by atoms with Gasteiger partial charge in [0.25, 0.3) is 0 Å². The average molecular weight is 425 g/mol. The van der Waals surface area contributed by atoms with Crippen molar-refractivity contribution in [3.05, 3.63) is 59.7 Å². The zero-order valence-corrected chi connectivity index (χ0v) is 18.2. The van der Waals surface area contributed by atoms with E-state index in [9.17, 15) is 19.8 Å². The van der Waals surface area contributed by atoms with Crippen molar-refractivity contribution in [3.63, 3.8) is 0 Å². The Hall–Kier alpha value is -3.02. The summed E-state index contributed by atoms with van der Waals surface area (Å²) in [5.74, 6) is -0.789. The summed E-state index contributed by atoms with van der Waals surface area (Å²) in [4.78, 5) is 26.2. The number of hydrogen-bond donors (Lipinski definition) is 4. The van der Waals surface area contributed by atoms with Gasteiger partial charge in [-0.15, -0.1) is 0 Å². The maximum absolute atomic E-state index is 13.1. The number of hydrogen-bond acceptors (Lipinski definition) is 4. The van der Waals surface area contributed by atoms with Crippen LogP contribution in [0.4, 0.5) is 0 Å². The lowest BCUT2D eigenvalue weighted by molar-refractivity contribution is -0.134. The van der Waals surface area contributed by atoms with E-state index < -0.39 is 11.8 Å². The maximum atomic E-state index is 13.1. The Kier molecular flexibility index (Phi) is 7.55. The van der Waals surface area contributed by atoms with Crippen LogP contribution in [0.2, 0.25) is 0 Å². The predicted molar refractivity (Wildman–Crippen MR) is 119 cm³/mol. The van der Waals surface area contributed by atoms with Crippen molar-refractivity contribution < 1.29 is 19.8 Å². The third kappa shape index (κ3) is 5.19. The molecular weight excluding hydrogens is 392 g/mol. The minimum atomic E-state index is -0.401. The van der Waals surface area contributed by atoms with Crippen molar-refractivity contribution in [2.45, 2.75) is 58.0 Å². The van der Waals surface area contributed by atoms with Gasteiger partial charge in [-0.25, -0.2) is 0 Å². The topological polar surface area (TPSA) is 98.7 Å². The van der Waals surface area contributed by atoms with Crippen LogP contribution in [-0.2, 0) is 9.59 Å². The molecule has 0 spiro atoms. The average Bonchev–Trinajstić information content (AvgIpc) is 3.27. The minimum absolute atomic E-state index is 0.150. The summed E-state index contributed by atoms with van der Waals surface area (Å²) in [6.07, 6.45) is 3.41. The molecule has 4 N–H and O–H groups in total. The first-order chi connectivity index (χ1) is 15.0. The van der Waals surface area contributed by atoms with Crippen molar-refractivity contribution >= 4 is 11.8 Å². The largest absolute Gasteiger partial charge is 0.508 e. The van der Waals surface area contributed by atoms with Gasteiger partial charge in [-0.05, 0) is 37.8 Å². The highest BCUT2D eigenvalue weighted by molar-refractivity contribution is 5.88. The molecule has 3 rings (SSSR count). The van der Waals surface area contributed by atoms with Crippen LogP contribution in [0, 0.1) is 11.8 Å². The van der Waals surface area contributed by atoms with E-state index >= 15 is 0 Å². The highest BCUT2D eigenvalue weighted by Gasteiger charge is 2.39. The molecule has 0 heterocycles. The van der Waals surface area contributed by atoms with Gasteiger partial charge in [0.1, 0.15) is 11.5 Å². The summed E-state index contributed by atoms with van der Waals surface area (Å²) in [7, 11) is 0. The second kappa shape index (κ2) is 10.3. The molecule has 1 aliphatic carbocycles. The SMILES string of the molecule is CC[C@H](NC(=O)[C@@H]1CCC[C@H]1C(=O)N[C@@H](CC)c1ccccc1O)c1ccccc1O. The zero-order chi connectivity index (χ0) is 22.4. The third-order valence-corrected chi connectivity index (χ3v) is 6.26. The molecule has 0 saturated heterocycles. The van der Waals surface area contributed by atoms with E-state index in [4.69, 9.17) is 0 Å². The number of nitrogens with one attached hydrogen (secondary N) is 2. The number of para-hydroxylation sites is 2. The van der Waals surface area contributed by atoms with Crippen LogP contribution in [0.5, 0.6) is 11.5 Å². The van der Waals surface area contributed by atoms with Crippen molar-refractivity contribution in [3.8, 4) is 11.5 Å². The van der Waals surface area contributed by atoms with Gasteiger partial charge in [-0.2, -0.15) is 0 Å². The highest BCUT2D eigenvalue weighted by atomic mass is 16.3. The molecule has 31 heavy (non-hydrogen) atoms. The van der Waals surface area contributed by atoms with Crippen LogP contribution in [-0.4, -0.2) is 22.0 Å². The van der Waals surface area contributed by atoms with Crippen molar-refractivity contribution in [2.75, 3.05) is 0 Å². The predicted octanol–water partition coefficient (Wildman–Crippen LogP) is 4.35. The third-order valence-electron chi connectivity index (χ3n) is 6.26. The first-order valence-corrected chi connectivity index (χ1v) is 11.1. The van der Waals surface area contributed by atoms with Gasteiger partial charge in [0.2, 0.25) is 11.8 Å². The fraction of sp³-hybridized carbons (Fsp3) is 0.440. The van der Waals surface area contributed by atoms with Crippen LogP contribution < -0.4 is 10.6 Å². The molecule has 0 bridgehead atoms. The molecule has 6 nitrogen and oxygen atoms in total. The molecule has 166 valence electrons. The second-order valence-corrected chi connectivity index (χ2v) is 8.20. The second-order valence-electron chi connectivity index (χ2n) is 8.20. The monoisotopic (exact) mass is 424 g/mol. The molecular formula is C25H32N2O4. The molecule has 4 atom stereocenters. The Balaban J connectivity index is 1.69. The number of rotatable bonds is 8. The van der Waals surface area contributed by atoms with Gasteiger partial charge in [-0.3, -0.25) is 9.59 Å². The van der Waals surface area contributed by atoms with E-state index in [1.54, 1.807) is 36.4 Å². The van der Waals surface area contributed by atoms with Crippen LogP contribution in [0.3, 0.4) is 0 Å². The van der Waals surface area contributed by atoms with Gasteiger partial charge in [0.15, 0.2) is 0 Å². The molecule has 0 aromatic heterocycles. The zero-order valence-electron chi connectivity index (χ0n) is 18.2. The van der Waals surface area contributed by atoms with Crippen molar-refractivity contribution in [1.29, 1.82) is 0 Å². The molecule has 2 amide bonds. The molecule has 1 saturated carbocycles. The summed E-state index contributed by atoms with van der Waals surface area (Å²) in [6.45, 7) is 3.91. The fourth-order valence-electron chi connectivity index (χ4n) is 4.51. The number of carbonyl (C=O) groups excluding carboxylic acids is 2. The number of benzene rings is 2. The summed E-state index contributed by atoms with van der Waals surface area (Å²) in [5, 5.41) is 26.4. The Morgan fingerprint density at radius 1 is 0.806 bits per heavy atom. The number of amides is 2. The summed E-state index contributed by atoms with van der Waals surface area (Å²) >= 11 is 0. The first-order valence-electron chi connectivity index (χ1n) is 11.1.